The largest absolute Gasteiger partial charge is 0.313 e. The fourth-order valence-corrected chi connectivity index (χ4v) is 2.47. The predicted molar refractivity (Wildman–Crippen MR) is 78.1 cm³/mol. The van der Waals surface area contributed by atoms with Gasteiger partial charge in [-0.25, -0.2) is 8.78 Å². The lowest BCUT2D eigenvalue weighted by Crippen LogP contribution is -2.21. The third-order valence-electron chi connectivity index (χ3n) is 3.44. The van der Waals surface area contributed by atoms with Crippen molar-refractivity contribution in [2.75, 3.05) is 7.05 Å². The van der Waals surface area contributed by atoms with E-state index < -0.39 is 11.6 Å². The van der Waals surface area contributed by atoms with Crippen molar-refractivity contribution < 1.29 is 8.78 Å². The normalized spacial score (nSPS) is 12.4. The number of likely N-dealkylation sites (N-methyl/N-ethyl adjacent to an activating group) is 1. The molecule has 2 aromatic rings. The summed E-state index contributed by atoms with van der Waals surface area (Å²) in [7, 11) is 1.77. The van der Waals surface area contributed by atoms with Crippen LogP contribution in [0.2, 0.25) is 5.02 Å². The summed E-state index contributed by atoms with van der Waals surface area (Å²) in [5.41, 5.74) is 2.07. The minimum absolute atomic E-state index is 0.0891. The van der Waals surface area contributed by atoms with Gasteiger partial charge >= 0.3 is 0 Å². The van der Waals surface area contributed by atoms with Gasteiger partial charge in [0, 0.05) is 16.6 Å². The molecule has 0 saturated carbocycles. The van der Waals surface area contributed by atoms with Crippen molar-refractivity contribution in [3.63, 3.8) is 0 Å². The first kappa shape index (κ1) is 14.9. The van der Waals surface area contributed by atoms with E-state index in [9.17, 15) is 8.78 Å². The number of benzene rings is 2. The summed E-state index contributed by atoms with van der Waals surface area (Å²) in [5, 5.41) is 3.71. The summed E-state index contributed by atoms with van der Waals surface area (Å²) in [6.45, 7) is 1.95. The number of hydrogen-bond donors (Lipinski definition) is 1. The molecule has 106 valence electrons. The first-order valence-corrected chi connectivity index (χ1v) is 6.77. The molecule has 1 atom stereocenters. The first-order valence-electron chi connectivity index (χ1n) is 6.39. The Kier molecular flexibility index (Phi) is 4.73. The monoisotopic (exact) mass is 295 g/mol. The topological polar surface area (TPSA) is 12.0 Å². The van der Waals surface area contributed by atoms with E-state index in [1.807, 2.05) is 19.1 Å². The molecule has 0 spiro atoms. The van der Waals surface area contributed by atoms with E-state index in [0.717, 1.165) is 11.1 Å². The molecule has 0 aliphatic rings. The zero-order chi connectivity index (χ0) is 14.7. The van der Waals surface area contributed by atoms with Gasteiger partial charge < -0.3 is 5.32 Å². The fraction of sp³-hybridized carbons (Fsp3) is 0.250. The molecule has 2 rings (SSSR count). The summed E-state index contributed by atoms with van der Waals surface area (Å²) < 4.78 is 27.5. The molecule has 0 aliphatic heterocycles. The van der Waals surface area contributed by atoms with Gasteiger partial charge in [0.2, 0.25) is 0 Å². The quantitative estimate of drug-likeness (QED) is 0.880. The molecule has 0 radical (unpaired) electrons. The number of nitrogens with one attached hydrogen (secondary N) is 1. The minimum Gasteiger partial charge on any atom is -0.313 e. The lowest BCUT2D eigenvalue weighted by Gasteiger charge is -2.20. The van der Waals surface area contributed by atoms with E-state index in [4.69, 9.17) is 11.6 Å². The summed E-state index contributed by atoms with van der Waals surface area (Å²) in [6, 6.07) is 9.26. The van der Waals surface area contributed by atoms with Gasteiger partial charge in [-0.2, -0.15) is 0 Å². The molecule has 0 aromatic heterocycles. The molecule has 0 fully saturated rings. The second-order valence-electron chi connectivity index (χ2n) is 4.75. The minimum atomic E-state index is -0.523. The van der Waals surface area contributed by atoms with Crippen LogP contribution in [0.15, 0.2) is 36.4 Å². The van der Waals surface area contributed by atoms with Crippen LogP contribution in [0.4, 0.5) is 8.78 Å². The second-order valence-corrected chi connectivity index (χ2v) is 5.18. The molecule has 1 unspecified atom stereocenters. The average molecular weight is 296 g/mol. The van der Waals surface area contributed by atoms with E-state index >= 15 is 0 Å². The molecule has 1 nitrogen and oxygen atoms in total. The van der Waals surface area contributed by atoms with Gasteiger partial charge in [0.15, 0.2) is 0 Å². The molecular weight excluding hydrogens is 280 g/mol. The van der Waals surface area contributed by atoms with E-state index in [0.29, 0.717) is 5.02 Å². The average Bonchev–Trinajstić information content (AvgIpc) is 2.42. The van der Waals surface area contributed by atoms with Crippen LogP contribution in [-0.4, -0.2) is 7.05 Å². The molecule has 20 heavy (non-hydrogen) atoms. The Labute approximate surface area is 122 Å². The van der Waals surface area contributed by atoms with Crippen LogP contribution in [0.3, 0.4) is 0 Å². The van der Waals surface area contributed by atoms with Crippen molar-refractivity contribution >= 4 is 11.6 Å². The highest BCUT2D eigenvalue weighted by molar-refractivity contribution is 6.30. The summed E-state index contributed by atoms with van der Waals surface area (Å²) in [6.07, 6.45) is 0.232. The Morgan fingerprint density at radius 2 is 1.80 bits per heavy atom. The predicted octanol–water partition coefficient (Wildman–Crippen LogP) is 4.43. The van der Waals surface area contributed by atoms with E-state index in [1.165, 1.54) is 18.2 Å². The van der Waals surface area contributed by atoms with E-state index in [2.05, 4.69) is 5.32 Å². The third kappa shape index (κ3) is 3.17. The number of aryl methyl sites for hydroxylation is 1. The Balaban J connectivity index is 2.36. The van der Waals surface area contributed by atoms with Crippen LogP contribution in [0.5, 0.6) is 0 Å². The van der Waals surface area contributed by atoms with Crippen LogP contribution in [0, 0.1) is 18.6 Å². The third-order valence-corrected chi connectivity index (χ3v) is 3.67. The standard InChI is InChI=1S/C16H16ClF2N/c1-10-6-7-11(17)8-12(10)16(20-2)9-13-14(18)4-3-5-15(13)19/h3-8,16,20H,9H2,1-2H3. The van der Waals surface area contributed by atoms with Gasteiger partial charge in [0.1, 0.15) is 11.6 Å². The van der Waals surface area contributed by atoms with Crippen molar-refractivity contribution in [1.82, 2.24) is 5.32 Å². The second kappa shape index (κ2) is 6.33. The maximum Gasteiger partial charge on any atom is 0.129 e. The zero-order valence-corrected chi connectivity index (χ0v) is 12.1. The summed E-state index contributed by atoms with van der Waals surface area (Å²) in [5.74, 6) is -1.05. The zero-order valence-electron chi connectivity index (χ0n) is 11.4. The Bertz CT molecular complexity index is 593. The highest BCUT2D eigenvalue weighted by Crippen LogP contribution is 2.26. The Hall–Kier alpha value is -1.45. The van der Waals surface area contributed by atoms with Crippen molar-refractivity contribution in [3.05, 3.63) is 69.7 Å². The molecule has 0 bridgehead atoms. The fourth-order valence-electron chi connectivity index (χ4n) is 2.29. The molecule has 0 amide bonds. The molecule has 0 saturated heterocycles. The Morgan fingerprint density at radius 3 is 2.40 bits per heavy atom. The van der Waals surface area contributed by atoms with Crippen molar-refractivity contribution in [2.45, 2.75) is 19.4 Å². The number of halogens is 3. The van der Waals surface area contributed by atoms with Gasteiger partial charge in [-0.1, -0.05) is 23.7 Å². The van der Waals surface area contributed by atoms with Gasteiger partial charge in [-0.05, 0) is 55.8 Å². The van der Waals surface area contributed by atoms with Crippen LogP contribution in [0.1, 0.15) is 22.7 Å². The molecule has 4 heteroatoms. The lowest BCUT2D eigenvalue weighted by molar-refractivity contribution is 0.514. The molecule has 0 heterocycles. The molecule has 0 aliphatic carbocycles. The highest BCUT2D eigenvalue weighted by atomic mass is 35.5. The van der Waals surface area contributed by atoms with Crippen molar-refractivity contribution in [2.24, 2.45) is 0 Å². The van der Waals surface area contributed by atoms with Gasteiger partial charge in [-0.3, -0.25) is 0 Å². The van der Waals surface area contributed by atoms with Gasteiger partial charge in [0.25, 0.3) is 0 Å². The molecule has 2 aromatic carbocycles. The van der Waals surface area contributed by atoms with Crippen LogP contribution in [-0.2, 0) is 6.42 Å². The van der Waals surface area contributed by atoms with Gasteiger partial charge in [-0.15, -0.1) is 0 Å². The number of rotatable bonds is 4. The first-order chi connectivity index (χ1) is 9.52. The number of hydrogen-bond acceptors (Lipinski definition) is 1. The van der Waals surface area contributed by atoms with Crippen molar-refractivity contribution in [1.29, 1.82) is 0 Å². The smallest absolute Gasteiger partial charge is 0.129 e. The van der Waals surface area contributed by atoms with Crippen molar-refractivity contribution in [3.8, 4) is 0 Å². The summed E-state index contributed by atoms with van der Waals surface area (Å²) >= 11 is 6.01. The maximum absolute atomic E-state index is 13.7. The van der Waals surface area contributed by atoms with Crippen LogP contribution >= 0.6 is 11.6 Å². The highest BCUT2D eigenvalue weighted by Gasteiger charge is 2.17. The van der Waals surface area contributed by atoms with E-state index in [-0.39, 0.29) is 18.0 Å². The summed E-state index contributed by atoms with van der Waals surface area (Å²) in [4.78, 5) is 0. The molecule has 1 N–H and O–H groups in total. The maximum atomic E-state index is 13.7. The lowest BCUT2D eigenvalue weighted by atomic mass is 9.95. The van der Waals surface area contributed by atoms with Crippen LogP contribution in [0.25, 0.3) is 0 Å². The SMILES string of the molecule is CNC(Cc1c(F)cccc1F)c1cc(Cl)ccc1C. The molecular formula is C16H16ClF2N. The van der Waals surface area contributed by atoms with E-state index in [1.54, 1.807) is 13.1 Å². The van der Waals surface area contributed by atoms with Gasteiger partial charge in [0.05, 0.1) is 0 Å². The van der Waals surface area contributed by atoms with Crippen LogP contribution < -0.4 is 5.32 Å². The Morgan fingerprint density at radius 1 is 1.15 bits per heavy atom.